The van der Waals surface area contributed by atoms with Crippen LogP contribution in [0, 0.1) is 0 Å². The van der Waals surface area contributed by atoms with Crippen LogP contribution >= 0.6 is 11.6 Å². The minimum atomic E-state index is -0.429. The Labute approximate surface area is 167 Å². The number of aromatic nitrogens is 2. The number of benzene rings is 2. The zero-order valence-electron chi connectivity index (χ0n) is 15.2. The van der Waals surface area contributed by atoms with E-state index in [9.17, 15) is 4.79 Å². The van der Waals surface area contributed by atoms with Crippen LogP contribution in [0.1, 0.15) is 11.1 Å². The highest BCUT2D eigenvalue weighted by Crippen LogP contribution is 2.26. The third kappa shape index (κ3) is 3.87. The lowest BCUT2D eigenvalue weighted by Gasteiger charge is -2.21. The number of fused-ring (bicyclic) bond motifs is 1. The van der Waals surface area contributed by atoms with Gasteiger partial charge in [0.2, 0.25) is 5.91 Å². The number of nitrogens with zero attached hydrogens (tertiary/aromatic N) is 2. The van der Waals surface area contributed by atoms with Crippen LogP contribution in [-0.4, -0.2) is 28.8 Å². The van der Waals surface area contributed by atoms with Gasteiger partial charge in [-0.25, -0.2) is 4.68 Å². The van der Waals surface area contributed by atoms with Crippen molar-refractivity contribution in [1.82, 2.24) is 15.1 Å². The maximum Gasteiger partial charge on any atom is 0.246 e. The van der Waals surface area contributed by atoms with Gasteiger partial charge in [-0.1, -0.05) is 29.8 Å². The fourth-order valence-electron chi connectivity index (χ4n) is 3.02. The first kappa shape index (κ1) is 18.1. The second kappa shape index (κ2) is 7.78. The summed E-state index contributed by atoms with van der Waals surface area (Å²) in [6, 6.07) is 12.7. The summed E-state index contributed by atoms with van der Waals surface area (Å²) < 4.78 is 6.99. The van der Waals surface area contributed by atoms with E-state index >= 15 is 0 Å². The van der Waals surface area contributed by atoms with Crippen LogP contribution in [0.25, 0.3) is 11.8 Å². The molecule has 4 rings (SSSR count). The SMILES string of the molecule is COc1cccc(-n2cc(CNC(=O)C3C=Cc4cc(Cl)ccc4N3)cn2)c1. The molecule has 0 spiro atoms. The minimum Gasteiger partial charge on any atom is -0.497 e. The Hall–Kier alpha value is -3.25. The first-order valence-corrected chi connectivity index (χ1v) is 9.20. The molecule has 3 aromatic rings. The van der Waals surface area contributed by atoms with Crippen molar-refractivity contribution < 1.29 is 9.53 Å². The van der Waals surface area contributed by atoms with E-state index in [2.05, 4.69) is 15.7 Å². The van der Waals surface area contributed by atoms with E-state index in [4.69, 9.17) is 16.3 Å². The van der Waals surface area contributed by atoms with Crippen molar-refractivity contribution in [2.75, 3.05) is 12.4 Å². The molecule has 0 saturated carbocycles. The molecular formula is C21H19ClN4O2. The van der Waals surface area contributed by atoms with E-state index in [0.29, 0.717) is 11.6 Å². The molecule has 2 aromatic carbocycles. The Bertz CT molecular complexity index is 1040. The lowest BCUT2D eigenvalue weighted by atomic mass is 10.1. The quantitative estimate of drug-likeness (QED) is 0.693. The Morgan fingerprint density at radius 3 is 3.07 bits per heavy atom. The first-order chi connectivity index (χ1) is 13.6. The predicted molar refractivity (Wildman–Crippen MR) is 110 cm³/mol. The second-order valence-electron chi connectivity index (χ2n) is 6.43. The summed E-state index contributed by atoms with van der Waals surface area (Å²) in [5.41, 5.74) is 3.65. The summed E-state index contributed by atoms with van der Waals surface area (Å²) >= 11 is 6.00. The molecule has 2 N–H and O–H groups in total. The zero-order chi connectivity index (χ0) is 19.5. The number of carbonyl (C=O) groups excluding carboxylic acids is 1. The van der Waals surface area contributed by atoms with Crippen molar-refractivity contribution in [2.45, 2.75) is 12.6 Å². The molecule has 142 valence electrons. The first-order valence-electron chi connectivity index (χ1n) is 8.82. The van der Waals surface area contributed by atoms with Crippen LogP contribution < -0.4 is 15.4 Å². The maximum atomic E-state index is 12.5. The fourth-order valence-corrected chi connectivity index (χ4v) is 3.20. The third-order valence-electron chi connectivity index (χ3n) is 4.50. The van der Waals surface area contributed by atoms with Crippen molar-refractivity contribution in [2.24, 2.45) is 0 Å². The zero-order valence-corrected chi connectivity index (χ0v) is 16.0. The van der Waals surface area contributed by atoms with Crippen LogP contribution in [0.5, 0.6) is 5.75 Å². The minimum absolute atomic E-state index is 0.106. The van der Waals surface area contributed by atoms with E-state index in [1.54, 1.807) is 24.1 Å². The highest BCUT2D eigenvalue weighted by Gasteiger charge is 2.19. The largest absolute Gasteiger partial charge is 0.497 e. The van der Waals surface area contributed by atoms with Gasteiger partial charge in [-0.15, -0.1) is 0 Å². The van der Waals surface area contributed by atoms with E-state index < -0.39 is 6.04 Å². The molecule has 0 fully saturated rings. The molecule has 0 saturated heterocycles. The topological polar surface area (TPSA) is 68.2 Å². The standard InChI is InChI=1S/C21H19ClN4O2/c1-28-18-4-2-3-17(10-18)26-13-14(12-24-26)11-23-21(27)20-7-5-15-9-16(22)6-8-19(15)25-20/h2-10,12-13,20,25H,11H2,1H3,(H,23,27). The second-order valence-corrected chi connectivity index (χ2v) is 6.86. The van der Waals surface area contributed by atoms with Crippen LogP contribution in [0.15, 0.2) is 60.9 Å². The Balaban J connectivity index is 1.38. The number of ether oxygens (including phenoxy) is 1. The number of amides is 1. The molecule has 1 aromatic heterocycles. The molecule has 1 unspecified atom stereocenters. The van der Waals surface area contributed by atoms with Crippen molar-refractivity contribution in [1.29, 1.82) is 0 Å². The highest BCUT2D eigenvalue weighted by molar-refractivity contribution is 6.30. The fraction of sp³-hybridized carbons (Fsp3) is 0.143. The maximum absolute atomic E-state index is 12.5. The van der Waals surface area contributed by atoms with E-state index in [-0.39, 0.29) is 5.91 Å². The van der Waals surface area contributed by atoms with E-state index in [1.165, 1.54) is 0 Å². The monoisotopic (exact) mass is 394 g/mol. The number of anilines is 1. The average molecular weight is 395 g/mol. The van der Waals surface area contributed by atoms with E-state index in [0.717, 1.165) is 28.3 Å². The summed E-state index contributed by atoms with van der Waals surface area (Å²) in [5, 5.41) is 11.2. The molecule has 0 radical (unpaired) electrons. The van der Waals surface area contributed by atoms with Gasteiger partial charge < -0.3 is 15.4 Å². The molecule has 2 heterocycles. The van der Waals surface area contributed by atoms with Gasteiger partial charge in [-0.3, -0.25) is 4.79 Å². The van der Waals surface area contributed by atoms with E-state index in [1.807, 2.05) is 54.7 Å². The number of nitrogens with one attached hydrogen (secondary N) is 2. The predicted octanol–water partition coefficient (Wildman–Crippen LogP) is 3.66. The van der Waals surface area contributed by atoms with Gasteiger partial charge in [-0.2, -0.15) is 5.10 Å². The number of halogens is 1. The Kier molecular flexibility index (Phi) is 5.04. The van der Waals surface area contributed by atoms with Crippen molar-refractivity contribution >= 4 is 29.3 Å². The number of rotatable bonds is 5. The molecule has 1 amide bonds. The Morgan fingerprint density at radius 1 is 1.32 bits per heavy atom. The molecule has 28 heavy (non-hydrogen) atoms. The van der Waals surface area contributed by atoms with Gasteiger partial charge in [0.15, 0.2) is 0 Å². The number of hydrogen-bond donors (Lipinski definition) is 2. The summed E-state index contributed by atoms with van der Waals surface area (Å²) in [7, 11) is 1.63. The molecule has 1 aliphatic rings. The van der Waals surface area contributed by atoms with Gasteiger partial charge in [-0.05, 0) is 35.9 Å². The third-order valence-corrected chi connectivity index (χ3v) is 4.73. The van der Waals surface area contributed by atoms with Crippen molar-refractivity contribution in [3.63, 3.8) is 0 Å². The van der Waals surface area contributed by atoms with Crippen LogP contribution in [0.4, 0.5) is 5.69 Å². The van der Waals surface area contributed by atoms with Gasteiger partial charge >= 0.3 is 0 Å². The van der Waals surface area contributed by atoms with Gasteiger partial charge in [0.25, 0.3) is 0 Å². The molecule has 1 aliphatic heterocycles. The van der Waals surface area contributed by atoms with Crippen molar-refractivity contribution in [3.05, 3.63) is 77.1 Å². The molecule has 6 nitrogen and oxygen atoms in total. The van der Waals surface area contributed by atoms with Crippen LogP contribution in [0.2, 0.25) is 5.02 Å². The van der Waals surface area contributed by atoms with Gasteiger partial charge in [0.1, 0.15) is 11.8 Å². The van der Waals surface area contributed by atoms with Gasteiger partial charge in [0, 0.05) is 35.1 Å². The number of hydrogen-bond acceptors (Lipinski definition) is 4. The lowest BCUT2D eigenvalue weighted by molar-refractivity contribution is -0.121. The van der Waals surface area contributed by atoms with Crippen LogP contribution in [0.3, 0.4) is 0 Å². The smallest absolute Gasteiger partial charge is 0.246 e. The summed E-state index contributed by atoms with van der Waals surface area (Å²) in [6.45, 7) is 0.391. The lowest BCUT2D eigenvalue weighted by Crippen LogP contribution is -2.39. The molecule has 7 heteroatoms. The van der Waals surface area contributed by atoms with Crippen LogP contribution in [-0.2, 0) is 11.3 Å². The summed E-state index contributed by atoms with van der Waals surface area (Å²) in [4.78, 5) is 12.5. The normalized spacial score (nSPS) is 14.9. The van der Waals surface area contributed by atoms with Crippen molar-refractivity contribution in [3.8, 4) is 11.4 Å². The van der Waals surface area contributed by atoms with Gasteiger partial charge in [0.05, 0.1) is 19.0 Å². The number of carbonyl (C=O) groups is 1. The highest BCUT2D eigenvalue weighted by atomic mass is 35.5. The molecule has 0 bridgehead atoms. The number of methoxy groups -OCH3 is 1. The Morgan fingerprint density at radius 2 is 2.21 bits per heavy atom. The average Bonchev–Trinajstić information content (AvgIpc) is 3.20. The summed E-state index contributed by atoms with van der Waals surface area (Å²) in [5.74, 6) is 0.658. The molecule has 0 aliphatic carbocycles. The molecular weight excluding hydrogens is 376 g/mol. The summed E-state index contributed by atoms with van der Waals surface area (Å²) in [6.07, 6.45) is 7.36. The molecule has 1 atom stereocenters.